The van der Waals surface area contributed by atoms with Gasteiger partial charge in [-0.15, -0.1) is 0 Å². The maximum atomic E-state index is 12.1. The molecule has 9 heteroatoms. The van der Waals surface area contributed by atoms with Gasteiger partial charge < -0.3 is 0 Å². The number of anilines is 1. The Balaban J connectivity index is 0.000000229. The fourth-order valence-electron chi connectivity index (χ4n) is 2.69. The Morgan fingerprint density at radius 3 is 1.91 bits per heavy atom. The first-order valence-corrected chi connectivity index (χ1v) is 12.8. The van der Waals surface area contributed by atoms with E-state index in [4.69, 9.17) is 8.19 Å². The molecule has 1 amide bonds. The quantitative estimate of drug-likeness (QED) is 0.239. The second-order valence-corrected chi connectivity index (χ2v) is 10.0. The number of Topliss-reactive ketones (excluding diaryl/α,β-unsaturated/α-hetero) is 1. The van der Waals surface area contributed by atoms with Gasteiger partial charge in [0, 0.05) is 16.7 Å². The maximum Gasteiger partial charge on any atom is 0.193 e. The van der Waals surface area contributed by atoms with Gasteiger partial charge in [0.1, 0.15) is 0 Å². The largest absolute Gasteiger partial charge is 0.295 e. The smallest absolute Gasteiger partial charge is 0.193 e. The van der Waals surface area contributed by atoms with Gasteiger partial charge in [0.15, 0.2) is 11.6 Å². The number of phenols is 1. The van der Waals surface area contributed by atoms with E-state index in [9.17, 15) is 23.2 Å². The Morgan fingerprint density at radius 2 is 1.34 bits per heavy atom. The van der Waals surface area contributed by atoms with Crippen LogP contribution < -0.4 is 9.67 Å². The predicted molar refractivity (Wildman–Crippen MR) is 119 cm³/mol. The van der Waals surface area contributed by atoms with Gasteiger partial charge >= 0.3 is 88.1 Å². The zero-order chi connectivity index (χ0) is 23.9. The molecule has 0 unspecified atom stereocenters. The van der Waals surface area contributed by atoms with Gasteiger partial charge in [0.05, 0.1) is 0 Å². The molecular formula is C23H22AsNO7. The van der Waals surface area contributed by atoms with Crippen molar-refractivity contribution in [1.29, 1.82) is 0 Å². The number of phenolic OH excluding ortho intramolecular Hbond substituents is 1. The van der Waals surface area contributed by atoms with E-state index >= 15 is 0 Å². The molecular weight excluding hydrogens is 477 g/mol. The van der Waals surface area contributed by atoms with E-state index in [1.807, 2.05) is 18.2 Å². The molecule has 32 heavy (non-hydrogen) atoms. The van der Waals surface area contributed by atoms with Crippen LogP contribution in [0, 0.1) is 0 Å². The van der Waals surface area contributed by atoms with Crippen LogP contribution in [0.5, 0.6) is 5.75 Å². The standard InChI is InChI=1S/C15H12O2.C8H10AsNO5/c1-11(16)13-8-5-9-14(10-13)15(17)12-6-3-2-4-7-12;1-5(11)10-7-4-2-3-6(8(7)12)9(13,14)15/h2-10H,1H3;2-4,12H,1H3,(H,10,11)(H2,13,14,15). The zero-order valence-corrected chi connectivity index (χ0v) is 19.2. The van der Waals surface area contributed by atoms with Crippen LogP contribution in [0.1, 0.15) is 40.1 Å². The normalized spacial score (nSPS) is 10.5. The number of benzene rings is 3. The van der Waals surface area contributed by atoms with Crippen LogP contribution in [-0.2, 0) is 8.53 Å². The first kappa shape index (κ1) is 24.8. The van der Waals surface area contributed by atoms with Crippen molar-refractivity contribution in [2.75, 3.05) is 5.32 Å². The van der Waals surface area contributed by atoms with Crippen molar-refractivity contribution in [1.82, 2.24) is 0 Å². The van der Waals surface area contributed by atoms with Crippen molar-refractivity contribution >= 4 is 41.7 Å². The van der Waals surface area contributed by atoms with Crippen LogP contribution in [0.25, 0.3) is 0 Å². The molecule has 0 atom stereocenters. The molecule has 0 aromatic heterocycles. The Kier molecular flexibility index (Phi) is 8.32. The summed E-state index contributed by atoms with van der Waals surface area (Å²) >= 11 is -5.15. The number of aromatic hydroxyl groups is 1. The van der Waals surface area contributed by atoms with Crippen LogP contribution in [0.4, 0.5) is 5.69 Å². The minimum atomic E-state index is -5.15. The van der Waals surface area contributed by atoms with E-state index in [1.54, 1.807) is 36.4 Å². The number of ketones is 2. The van der Waals surface area contributed by atoms with E-state index in [-0.39, 0.29) is 17.3 Å². The molecule has 8 nitrogen and oxygen atoms in total. The average Bonchev–Trinajstić information content (AvgIpc) is 2.75. The Bertz CT molecular complexity index is 1190. The number of para-hydroxylation sites is 1. The fraction of sp³-hybridized carbons (Fsp3) is 0.0870. The number of hydrogen-bond acceptors (Lipinski definition) is 5. The van der Waals surface area contributed by atoms with E-state index in [2.05, 4.69) is 5.32 Å². The van der Waals surface area contributed by atoms with E-state index in [1.165, 1.54) is 26.0 Å². The summed E-state index contributed by atoms with van der Waals surface area (Å²) in [5, 5.41) is 11.7. The van der Waals surface area contributed by atoms with Crippen molar-refractivity contribution < 1.29 is 31.4 Å². The van der Waals surface area contributed by atoms with Crippen molar-refractivity contribution in [3.63, 3.8) is 0 Å². The van der Waals surface area contributed by atoms with Gasteiger partial charge in [-0.3, -0.25) is 9.59 Å². The number of rotatable bonds is 5. The monoisotopic (exact) mass is 499 g/mol. The molecule has 0 spiro atoms. The minimum absolute atomic E-state index is 0.00951. The maximum absolute atomic E-state index is 12.1. The number of carbonyl (C=O) groups is 3. The molecule has 0 saturated carbocycles. The SMILES string of the molecule is CC(=O)Nc1cccc([As](=O)(O)O)c1O.CC(=O)c1cccc(C(=O)c2ccccc2)c1. The van der Waals surface area contributed by atoms with E-state index < -0.39 is 30.2 Å². The number of carbonyl (C=O) groups excluding carboxylic acids is 3. The van der Waals surface area contributed by atoms with Gasteiger partial charge in [-0.1, -0.05) is 48.5 Å². The Labute approximate surface area is 187 Å². The molecule has 0 fully saturated rings. The van der Waals surface area contributed by atoms with Gasteiger partial charge in [-0.2, -0.15) is 0 Å². The fourth-order valence-corrected chi connectivity index (χ4v) is 4.11. The Morgan fingerprint density at radius 1 is 0.781 bits per heavy atom. The molecule has 0 saturated heterocycles. The van der Waals surface area contributed by atoms with Crippen LogP contribution in [0.2, 0.25) is 0 Å². The summed E-state index contributed by atoms with van der Waals surface area (Å²) < 4.78 is 28.4. The second kappa shape index (κ2) is 10.7. The number of amides is 1. The van der Waals surface area contributed by atoms with Crippen molar-refractivity contribution in [2.24, 2.45) is 0 Å². The first-order chi connectivity index (χ1) is 15.0. The summed E-state index contributed by atoms with van der Waals surface area (Å²) in [6.07, 6.45) is 0. The summed E-state index contributed by atoms with van der Waals surface area (Å²) in [5.74, 6) is -1.11. The van der Waals surface area contributed by atoms with Gasteiger partial charge in [-0.05, 0) is 13.0 Å². The molecule has 3 aromatic rings. The first-order valence-electron chi connectivity index (χ1n) is 9.37. The minimum Gasteiger partial charge on any atom is -0.295 e. The number of hydrogen-bond donors (Lipinski definition) is 4. The summed E-state index contributed by atoms with van der Waals surface area (Å²) in [4.78, 5) is 34.1. The van der Waals surface area contributed by atoms with E-state index in [0.29, 0.717) is 16.7 Å². The van der Waals surface area contributed by atoms with Crippen LogP contribution >= 0.6 is 0 Å². The average molecular weight is 499 g/mol. The molecule has 3 aromatic carbocycles. The topological polar surface area (TPSA) is 141 Å². The van der Waals surface area contributed by atoms with Crippen LogP contribution in [0.15, 0.2) is 72.8 Å². The van der Waals surface area contributed by atoms with Crippen molar-refractivity contribution in [3.8, 4) is 5.75 Å². The molecule has 4 N–H and O–H groups in total. The third-order valence-corrected chi connectivity index (χ3v) is 6.28. The van der Waals surface area contributed by atoms with Crippen LogP contribution in [0.3, 0.4) is 0 Å². The molecule has 0 aliphatic carbocycles. The van der Waals surface area contributed by atoms with Crippen molar-refractivity contribution in [3.05, 3.63) is 89.5 Å². The molecule has 0 bridgehead atoms. The third-order valence-electron chi connectivity index (χ3n) is 4.21. The second-order valence-electron chi connectivity index (χ2n) is 6.73. The molecule has 0 aliphatic heterocycles. The molecule has 0 heterocycles. The Hall–Kier alpha value is -3.45. The summed E-state index contributed by atoms with van der Waals surface area (Å²) in [6, 6.07) is 19.7. The summed E-state index contributed by atoms with van der Waals surface area (Å²) in [7, 11) is 0. The predicted octanol–water partition coefficient (Wildman–Crippen LogP) is 2.03. The zero-order valence-electron chi connectivity index (χ0n) is 17.4. The van der Waals surface area contributed by atoms with E-state index in [0.717, 1.165) is 6.07 Å². The van der Waals surface area contributed by atoms with Gasteiger partial charge in [0.2, 0.25) is 0 Å². The van der Waals surface area contributed by atoms with Gasteiger partial charge in [-0.25, -0.2) is 0 Å². The third kappa shape index (κ3) is 6.78. The molecule has 0 radical (unpaired) electrons. The number of nitrogens with one attached hydrogen (secondary N) is 1. The van der Waals surface area contributed by atoms with Crippen LogP contribution in [-0.4, -0.2) is 44.9 Å². The molecule has 3 rings (SSSR count). The summed E-state index contributed by atoms with van der Waals surface area (Å²) in [5.41, 5.74) is 1.73. The summed E-state index contributed by atoms with van der Waals surface area (Å²) in [6.45, 7) is 2.72. The van der Waals surface area contributed by atoms with Gasteiger partial charge in [0.25, 0.3) is 0 Å². The van der Waals surface area contributed by atoms with Crippen molar-refractivity contribution in [2.45, 2.75) is 13.8 Å². The molecule has 0 aliphatic rings. The molecule has 166 valence electrons.